The number of aryl methyl sites for hydroxylation is 1. The van der Waals surface area contributed by atoms with Crippen molar-refractivity contribution in [2.45, 2.75) is 19.4 Å². The van der Waals surface area contributed by atoms with Crippen LogP contribution in [0.25, 0.3) is 0 Å². The molecular weight excluding hydrogens is 206 g/mol. The number of rotatable bonds is 4. The van der Waals surface area contributed by atoms with E-state index in [2.05, 4.69) is 29.8 Å². The van der Waals surface area contributed by atoms with Crippen LogP contribution < -0.4 is 5.32 Å². The van der Waals surface area contributed by atoms with E-state index >= 15 is 0 Å². The maximum atomic E-state index is 5.51. The van der Waals surface area contributed by atoms with Crippen molar-refractivity contribution in [2.24, 2.45) is 0 Å². The molecule has 0 amide bonds. The highest BCUT2D eigenvalue weighted by atomic mass is 32.1. The first kappa shape index (κ1) is 10.5. The van der Waals surface area contributed by atoms with E-state index in [1.807, 2.05) is 13.1 Å². The van der Waals surface area contributed by atoms with Gasteiger partial charge in [-0.3, -0.25) is 0 Å². The molecule has 1 unspecified atom stereocenters. The molecule has 0 spiro atoms. The highest BCUT2D eigenvalue weighted by Gasteiger charge is 2.15. The minimum Gasteiger partial charge on any atom is -0.467 e. The van der Waals surface area contributed by atoms with Crippen molar-refractivity contribution in [3.05, 3.63) is 46.0 Å². The van der Waals surface area contributed by atoms with E-state index in [4.69, 9.17) is 4.42 Å². The van der Waals surface area contributed by atoms with Crippen LogP contribution in [0.3, 0.4) is 0 Å². The van der Waals surface area contributed by atoms with Crippen LogP contribution in [0, 0.1) is 6.92 Å². The molecule has 1 N–H and O–H groups in total. The quantitative estimate of drug-likeness (QED) is 0.858. The zero-order valence-electron chi connectivity index (χ0n) is 8.99. The Kier molecular flexibility index (Phi) is 3.23. The van der Waals surface area contributed by atoms with E-state index in [0.29, 0.717) is 0 Å². The monoisotopic (exact) mass is 221 g/mol. The number of nitrogens with one attached hydrogen (secondary N) is 1. The Morgan fingerprint density at radius 1 is 1.47 bits per heavy atom. The summed E-state index contributed by atoms with van der Waals surface area (Å²) in [5.74, 6) is 1.05. The molecule has 80 valence electrons. The minimum atomic E-state index is 0.277. The van der Waals surface area contributed by atoms with Crippen molar-refractivity contribution in [3.63, 3.8) is 0 Å². The Bertz CT molecular complexity index is 405. The van der Waals surface area contributed by atoms with E-state index in [-0.39, 0.29) is 6.04 Å². The van der Waals surface area contributed by atoms with Gasteiger partial charge in [0.05, 0.1) is 12.3 Å². The second kappa shape index (κ2) is 4.64. The summed E-state index contributed by atoms with van der Waals surface area (Å²) in [6.45, 7) is 2.08. The third-order valence-electron chi connectivity index (χ3n) is 2.55. The average molecular weight is 221 g/mol. The molecule has 0 fully saturated rings. The van der Waals surface area contributed by atoms with Crippen LogP contribution in [0.15, 0.2) is 34.3 Å². The zero-order valence-corrected chi connectivity index (χ0v) is 9.80. The zero-order chi connectivity index (χ0) is 10.7. The van der Waals surface area contributed by atoms with Gasteiger partial charge in [0.1, 0.15) is 5.76 Å². The molecule has 2 aromatic heterocycles. The first-order valence-electron chi connectivity index (χ1n) is 5.05. The Morgan fingerprint density at radius 3 is 2.87 bits per heavy atom. The Balaban J connectivity index is 2.15. The fourth-order valence-electron chi connectivity index (χ4n) is 1.70. The summed E-state index contributed by atoms with van der Waals surface area (Å²) in [4.78, 5) is 1.38. The normalized spacial score (nSPS) is 12.9. The van der Waals surface area contributed by atoms with Crippen LogP contribution in [0.5, 0.6) is 0 Å². The third kappa shape index (κ3) is 2.30. The standard InChI is InChI=1S/C12H15NOS/c1-9-5-6-14-12(9)11(13-2)8-10-4-3-7-15-10/h3-7,11,13H,8H2,1-2H3. The predicted molar refractivity (Wildman–Crippen MR) is 63.3 cm³/mol. The van der Waals surface area contributed by atoms with Crippen molar-refractivity contribution >= 4 is 11.3 Å². The number of likely N-dealkylation sites (N-methyl/N-ethyl adjacent to an activating group) is 1. The summed E-state index contributed by atoms with van der Waals surface area (Å²) >= 11 is 1.79. The van der Waals surface area contributed by atoms with Crippen molar-refractivity contribution in [2.75, 3.05) is 7.05 Å². The molecule has 3 heteroatoms. The lowest BCUT2D eigenvalue weighted by atomic mass is 10.1. The average Bonchev–Trinajstić information content (AvgIpc) is 2.85. The second-order valence-electron chi connectivity index (χ2n) is 3.59. The van der Waals surface area contributed by atoms with E-state index in [1.165, 1.54) is 10.4 Å². The molecule has 2 aromatic rings. The minimum absolute atomic E-state index is 0.277. The molecule has 15 heavy (non-hydrogen) atoms. The maximum absolute atomic E-state index is 5.51. The second-order valence-corrected chi connectivity index (χ2v) is 4.62. The molecule has 2 nitrogen and oxygen atoms in total. The number of thiophene rings is 1. The fourth-order valence-corrected chi connectivity index (χ4v) is 2.45. The summed E-state index contributed by atoms with van der Waals surface area (Å²) in [7, 11) is 1.97. The van der Waals surface area contributed by atoms with Gasteiger partial charge >= 0.3 is 0 Å². The summed E-state index contributed by atoms with van der Waals surface area (Å²) in [6.07, 6.45) is 2.74. The predicted octanol–water partition coefficient (Wildman–Crippen LogP) is 3.15. The summed E-state index contributed by atoms with van der Waals surface area (Å²) in [6, 6.07) is 6.53. The molecular formula is C12H15NOS. The van der Waals surface area contributed by atoms with Crippen LogP contribution in [0.4, 0.5) is 0 Å². The lowest BCUT2D eigenvalue weighted by Crippen LogP contribution is -2.18. The number of hydrogen-bond donors (Lipinski definition) is 1. The van der Waals surface area contributed by atoms with E-state index < -0.39 is 0 Å². The van der Waals surface area contributed by atoms with Crippen LogP contribution >= 0.6 is 11.3 Å². The number of furan rings is 1. The molecule has 2 rings (SSSR count). The van der Waals surface area contributed by atoms with Crippen molar-refractivity contribution < 1.29 is 4.42 Å². The summed E-state index contributed by atoms with van der Waals surface area (Å²) < 4.78 is 5.51. The molecule has 0 aliphatic heterocycles. The van der Waals surface area contributed by atoms with E-state index in [1.54, 1.807) is 17.6 Å². The van der Waals surface area contributed by atoms with Gasteiger partial charge in [0.2, 0.25) is 0 Å². The van der Waals surface area contributed by atoms with Gasteiger partial charge in [0.25, 0.3) is 0 Å². The van der Waals surface area contributed by atoms with Crippen molar-refractivity contribution in [1.29, 1.82) is 0 Å². The fraction of sp³-hybridized carbons (Fsp3) is 0.333. The van der Waals surface area contributed by atoms with Crippen LogP contribution in [0.2, 0.25) is 0 Å². The van der Waals surface area contributed by atoms with Gasteiger partial charge in [0.15, 0.2) is 0 Å². The van der Waals surface area contributed by atoms with E-state index in [0.717, 1.165) is 12.2 Å². The van der Waals surface area contributed by atoms with Gasteiger partial charge in [0, 0.05) is 11.3 Å². The summed E-state index contributed by atoms with van der Waals surface area (Å²) in [5, 5.41) is 5.40. The van der Waals surface area contributed by atoms with Crippen molar-refractivity contribution in [3.8, 4) is 0 Å². The SMILES string of the molecule is CNC(Cc1cccs1)c1occc1C. The molecule has 0 aliphatic rings. The highest BCUT2D eigenvalue weighted by Crippen LogP contribution is 2.24. The van der Waals surface area contributed by atoms with Gasteiger partial charge in [-0.25, -0.2) is 0 Å². The molecule has 1 atom stereocenters. The van der Waals surface area contributed by atoms with Crippen LogP contribution in [0.1, 0.15) is 22.2 Å². The molecule has 0 bridgehead atoms. The smallest absolute Gasteiger partial charge is 0.123 e. The van der Waals surface area contributed by atoms with Gasteiger partial charge < -0.3 is 9.73 Å². The largest absolute Gasteiger partial charge is 0.467 e. The Hall–Kier alpha value is -1.06. The van der Waals surface area contributed by atoms with Crippen LogP contribution in [-0.2, 0) is 6.42 Å². The van der Waals surface area contributed by atoms with Gasteiger partial charge in [-0.15, -0.1) is 11.3 Å². The van der Waals surface area contributed by atoms with Crippen molar-refractivity contribution in [1.82, 2.24) is 5.32 Å². The maximum Gasteiger partial charge on any atom is 0.123 e. The lowest BCUT2D eigenvalue weighted by molar-refractivity contribution is 0.428. The molecule has 0 radical (unpaired) electrons. The lowest BCUT2D eigenvalue weighted by Gasteiger charge is -2.13. The first-order chi connectivity index (χ1) is 7.31. The summed E-state index contributed by atoms with van der Waals surface area (Å²) in [5.41, 5.74) is 1.21. The molecule has 2 heterocycles. The van der Waals surface area contributed by atoms with E-state index in [9.17, 15) is 0 Å². The van der Waals surface area contributed by atoms with Gasteiger partial charge in [-0.1, -0.05) is 6.07 Å². The topological polar surface area (TPSA) is 25.2 Å². The Labute approximate surface area is 93.9 Å². The third-order valence-corrected chi connectivity index (χ3v) is 3.45. The molecule has 0 aromatic carbocycles. The van der Waals surface area contributed by atoms with Gasteiger partial charge in [-0.2, -0.15) is 0 Å². The molecule has 0 saturated carbocycles. The van der Waals surface area contributed by atoms with Crippen LogP contribution in [-0.4, -0.2) is 7.05 Å². The Morgan fingerprint density at radius 2 is 2.33 bits per heavy atom. The van der Waals surface area contributed by atoms with Gasteiger partial charge in [-0.05, 0) is 37.0 Å². The number of hydrogen-bond acceptors (Lipinski definition) is 3. The molecule has 0 aliphatic carbocycles. The molecule has 0 saturated heterocycles. The highest BCUT2D eigenvalue weighted by molar-refractivity contribution is 7.09. The first-order valence-corrected chi connectivity index (χ1v) is 5.93.